The highest BCUT2D eigenvalue weighted by atomic mass is 35.5. The Balaban J connectivity index is 0.00000120. The number of carbonyl (C=O) groups excluding carboxylic acids is 1. The van der Waals surface area contributed by atoms with Gasteiger partial charge in [0, 0.05) is 25.0 Å². The molecule has 0 aliphatic carbocycles. The molecule has 0 unspecified atom stereocenters. The van der Waals surface area contributed by atoms with Gasteiger partial charge in [0.1, 0.15) is 5.82 Å². The van der Waals surface area contributed by atoms with Gasteiger partial charge in [0.2, 0.25) is 0 Å². The molecule has 1 fully saturated rings. The van der Waals surface area contributed by atoms with E-state index in [1.807, 2.05) is 13.0 Å². The van der Waals surface area contributed by atoms with Gasteiger partial charge in [-0.3, -0.25) is 4.79 Å². The summed E-state index contributed by atoms with van der Waals surface area (Å²) in [4.78, 5) is 11.9. The maximum atomic E-state index is 13.9. The Bertz CT molecular complexity index is 492. The number of hydrogen-bond acceptors (Lipinski definition) is 2. The largest absolute Gasteiger partial charge is 0.347 e. The first-order chi connectivity index (χ1) is 8.20. The lowest BCUT2D eigenvalue weighted by molar-refractivity contribution is 0.0919. The zero-order valence-electron chi connectivity index (χ0n) is 10.1. The van der Waals surface area contributed by atoms with Gasteiger partial charge in [-0.25, -0.2) is 4.39 Å². The molecule has 1 saturated heterocycles. The lowest BCUT2D eigenvalue weighted by Crippen LogP contribution is -2.44. The monoisotopic (exact) mass is 270 g/mol. The molecule has 0 radical (unpaired) electrons. The second-order valence-corrected chi connectivity index (χ2v) is 4.74. The zero-order valence-corrected chi connectivity index (χ0v) is 10.9. The molecule has 1 amide bonds. The van der Waals surface area contributed by atoms with Crippen LogP contribution >= 0.6 is 12.4 Å². The van der Waals surface area contributed by atoms with Crippen LogP contribution in [0.5, 0.6) is 0 Å². The smallest absolute Gasteiger partial charge is 0.254 e. The zero-order chi connectivity index (χ0) is 12.0. The SMILES string of the molecule is CCc1cc(F)c2c(c1)[C@@H]1CNC[C@H]1NC2=O.Cl. The van der Waals surface area contributed by atoms with Crippen molar-refractivity contribution in [3.05, 3.63) is 34.6 Å². The lowest BCUT2D eigenvalue weighted by atomic mass is 9.85. The molecule has 2 atom stereocenters. The highest BCUT2D eigenvalue weighted by Gasteiger charge is 2.38. The molecule has 18 heavy (non-hydrogen) atoms. The first-order valence-electron chi connectivity index (χ1n) is 6.04. The number of carbonyl (C=O) groups is 1. The molecule has 98 valence electrons. The van der Waals surface area contributed by atoms with E-state index in [9.17, 15) is 9.18 Å². The summed E-state index contributed by atoms with van der Waals surface area (Å²) in [6.45, 7) is 3.58. The minimum atomic E-state index is -0.387. The van der Waals surface area contributed by atoms with E-state index in [2.05, 4.69) is 10.6 Å². The minimum absolute atomic E-state index is 0. The summed E-state index contributed by atoms with van der Waals surface area (Å²) in [5.41, 5.74) is 2.08. The lowest BCUT2D eigenvalue weighted by Gasteiger charge is -2.28. The maximum absolute atomic E-state index is 13.9. The topological polar surface area (TPSA) is 41.1 Å². The Morgan fingerprint density at radius 2 is 2.17 bits per heavy atom. The fourth-order valence-electron chi connectivity index (χ4n) is 2.82. The summed E-state index contributed by atoms with van der Waals surface area (Å²) >= 11 is 0. The highest BCUT2D eigenvalue weighted by molar-refractivity contribution is 5.98. The third-order valence-corrected chi connectivity index (χ3v) is 3.75. The van der Waals surface area contributed by atoms with Gasteiger partial charge in [0.25, 0.3) is 5.91 Å². The molecule has 2 N–H and O–H groups in total. The molecular formula is C13H16ClFN2O. The van der Waals surface area contributed by atoms with Gasteiger partial charge in [-0.1, -0.05) is 13.0 Å². The molecule has 2 heterocycles. The number of nitrogens with one attached hydrogen (secondary N) is 2. The molecule has 2 aliphatic rings. The number of hydrogen-bond donors (Lipinski definition) is 2. The number of halogens is 2. The molecule has 1 aromatic rings. The number of amides is 1. The highest BCUT2D eigenvalue weighted by Crippen LogP contribution is 2.32. The Morgan fingerprint density at radius 3 is 2.89 bits per heavy atom. The predicted molar refractivity (Wildman–Crippen MR) is 69.9 cm³/mol. The number of fused-ring (bicyclic) bond motifs is 3. The van der Waals surface area contributed by atoms with Crippen LogP contribution < -0.4 is 10.6 Å². The van der Waals surface area contributed by atoms with Crippen molar-refractivity contribution in [2.45, 2.75) is 25.3 Å². The van der Waals surface area contributed by atoms with Crippen molar-refractivity contribution in [3.63, 3.8) is 0 Å². The Kier molecular flexibility index (Phi) is 3.59. The molecule has 5 heteroatoms. The van der Waals surface area contributed by atoms with Crippen molar-refractivity contribution in [3.8, 4) is 0 Å². The summed E-state index contributed by atoms with van der Waals surface area (Å²) in [5.74, 6) is -0.448. The van der Waals surface area contributed by atoms with Crippen molar-refractivity contribution in [1.29, 1.82) is 0 Å². The average molecular weight is 271 g/mol. The van der Waals surface area contributed by atoms with Crippen LogP contribution in [0.2, 0.25) is 0 Å². The second-order valence-electron chi connectivity index (χ2n) is 4.74. The third-order valence-electron chi connectivity index (χ3n) is 3.75. The fraction of sp³-hybridized carbons (Fsp3) is 0.462. The van der Waals surface area contributed by atoms with Crippen LogP contribution in [0.1, 0.15) is 34.3 Å². The molecule has 0 bridgehead atoms. The van der Waals surface area contributed by atoms with Crippen LogP contribution in [0.3, 0.4) is 0 Å². The molecule has 2 aliphatic heterocycles. The molecule has 3 rings (SSSR count). The van der Waals surface area contributed by atoms with Gasteiger partial charge in [-0.05, 0) is 23.6 Å². The van der Waals surface area contributed by atoms with Crippen molar-refractivity contribution in [2.75, 3.05) is 13.1 Å². The van der Waals surface area contributed by atoms with Crippen molar-refractivity contribution in [2.24, 2.45) is 0 Å². The standard InChI is InChI=1S/C13H15FN2O.ClH/c1-2-7-3-8-9-5-15-6-11(9)16-13(17)12(8)10(14)4-7;/h3-4,9,11,15H,2,5-6H2,1H3,(H,16,17);1H/t9-,11+;/m0./s1. The first-order valence-corrected chi connectivity index (χ1v) is 6.04. The summed E-state index contributed by atoms with van der Waals surface area (Å²) in [6, 6.07) is 3.57. The van der Waals surface area contributed by atoms with E-state index >= 15 is 0 Å². The van der Waals surface area contributed by atoms with Gasteiger partial charge in [-0.2, -0.15) is 0 Å². The number of rotatable bonds is 1. The predicted octanol–water partition coefficient (Wildman–Crippen LogP) is 1.61. The quantitative estimate of drug-likeness (QED) is 0.814. The van der Waals surface area contributed by atoms with Crippen LogP contribution in [0.15, 0.2) is 12.1 Å². The van der Waals surface area contributed by atoms with Gasteiger partial charge in [0.05, 0.1) is 5.56 Å². The van der Waals surface area contributed by atoms with E-state index in [1.165, 1.54) is 6.07 Å². The molecular weight excluding hydrogens is 255 g/mol. The van der Waals surface area contributed by atoms with Gasteiger partial charge < -0.3 is 10.6 Å². The van der Waals surface area contributed by atoms with E-state index in [1.54, 1.807) is 0 Å². The normalized spacial score (nSPS) is 24.9. The molecule has 1 aromatic carbocycles. The van der Waals surface area contributed by atoms with Crippen LogP contribution in [0.4, 0.5) is 4.39 Å². The van der Waals surface area contributed by atoms with E-state index in [4.69, 9.17) is 0 Å². The Labute approximate surface area is 112 Å². The van der Waals surface area contributed by atoms with Crippen LogP contribution in [-0.2, 0) is 6.42 Å². The first kappa shape index (κ1) is 13.3. The van der Waals surface area contributed by atoms with E-state index in [0.717, 1.165) is 30.6 Å². The number of aryl methyl sites for hydroxylation is 1. The molecule has 0 aromatic heterocycles. The van der Waals surface area contributed by atoms with Crippen molar-refractivity contribution in [1.82, 2.24) is 10.6 Å². The van der Waals surface area contributed by atoms with Crippen LogP contribution in [0, 0.1) is 5.82 Å². The summed E-state index contributed by atoms with van der Waals surface area (Å²) < 4.78 is 13.9. The fourth-order valence-corrected chi connectivity index (χ4v) is 2.82. The van der Waals surface area contributed by atoms with E-state index in [0.29, 0.717) is 0 Å². The summed E-state index contributed by atoms with van der Waals surface area (Å²) in [7, 11) is 0. The Morgan fingerprint density at radius 1 is 1.39 bits per heavy atom. The van der Waals surface area contributed by atoms with Crippen molar-refractivity contribution >= 4 is 18.3 Å². The summed E-state index contributed by atoms with van der Waals surface area (Å²) in [5, 5.41) is 6.12. The summed E-state index contributed by atoms with van der Waals surface area (Å²) in [6.07, 6.45) is 0.788. The van der Waals surface area contributed by atoms with Gasteiger partial charge in [0.15, 0.2) is 0 Å². The molecule has 0 saturated carbocycles. The van der Waals surface area contributed by atoms with Crippen LogP contribution in [-0.4, -0.2) is 25.0 Å². The Hall–Kier alpha value is -1.13. The minimum Gasteiger partial charge on any atom is -0.347 e. The maximum Gasteiger partial charge on any atom is 0.254 e. The van der Waals surface area contributed by atoms with Crippen molar-refractivity contribution < 1.29 is 9.18 Å². The molecule has 0 spiro atoms. The molecule has 3 nitrogen and oxygen atoms in total. The van der Waals surface area contributed by atoms with Gasteiger partial charge in [-0.15, -0.1) is 12.4 Å². The number of benzene rings is 1. The van der Waals surface area contributed by atoms with Crippen LogP contribution in [0.25, 0.3) is 0 Å². The second kappa shape index (κ2) is 4.86. The van der Waals surface area contributed by atoms with Gasteiger partial charge >= 0.3 is 0 Å². The van der Waals surface area contributed by atoms with E-state index < -0.39 is 0 Å². The average Bonchev–Trinajstić information content (AvgIpc) is 2.76. The third kappa shape index (κ3) is 1.89. The van der Waals surface area contributed by atoms with E-state index in [-0.39, 0.29) is 41.7 Å².